The Morgan fingerprint density at radius 2 is 1.84 bits per heavy atom. The van der Waals surface area contributed by atoms with Crippen LogP contribution in [0, 0.1) is 5.21 Å². The fourth-order valence-corrected chi connectivity index (χ4v) is 3.98. The van der Waals surface area contributed by atoms with Crippen molar-refractivity contribution in [1.82, 2.24) is 4.90 Å². The molecule has 0 radical (unpaired) electrons. The van der Waals surface area contributed by atoms with Crippen LogP contribution < -0.4 is 4.74 Å². The lowest BCUT2D eigenvalue weighted by Gasteiger charge is -2.33. The Morgan fingerprint density at radius 1 is 1.13 bits per heavy atom. The number of benzene rings is 2. The summed E-state index contributed by atoms with van der Waals surface area (Å²) in [6.07, 6.45) is 2.65. The standard InChI is InChI=1S/C25H34N2O4/c1-5-6-16-30-25-17-22(19-10-8-7-9-11-19)24(27(28)31-25)18-23(26(2)3)20-12-14-21(29-4)15-13-20/h7-15,22-23,25H,5-6,16-18H2,1-4H3/t22-,23+,25-/m1/s1. The van der Waals surface area contributed by atoms with Crippen LogP contribution >= 0.6 is 0 Å². The third kappa shape index (κ3) is 5.99. The molecule has 0 fully saturated rings. The SMILES string of the molecule is CCCCO[C@H]1C[C@H](c2ccccc2)C(C[C@@H](c2ccc(OC)cc2)N(C)C)=[N+]([O-])O1. The number of hydrogen-bond acceptors (Lipinski definition) is 5. The molecule has 1 heterocycles. The predicted octanol–water partition coefficient (Wildman–Crippen LogP) is 4.90. The molecule has 0 aromatic heterocycles. The van der Waals surface area contributed by atoms with Crippen LogP contribution in [0.2, 0.25) is 0 Å². The van der Waals surface area contributed by atoms with E-state index < -0.39 is 6.29 Å². The largest absolute Gasteiger partial charge is 0.497 e. The van der Waals surface area contributed by atoms with E-state index in [1.165, 1.54) is 0 Å². The van der Waals surface area contributed by atoms with Crippen LogP contribution in [-0.2, 0) is 9.57 Å². The fraction of sp³-hybridized carbons (Fsp3) is 0.480. The quantitative estimate of drug-likeness (QED) is 0.399. The molecule has 1 aliphatic heterocycles. The normalized spacial score (nSPS) is 19.9. The summed E-state index contributed by atoms with van der Waals surface area (Å²) in [5.74, 6) is 0.759. The smallest absolute Gasteiger partial charge is 0.231 e. The van der Waals surface area contributed by atoms with Crippen LogP contribution in [0.3, 0.4) is 0 Å². The van der Waals surface area contributed by atoms with Crippen molar-refractivity contribution in [3.05, 3.63) is 70.9 Å². The highest BCUT2D eigenvalue weighted by molar-refractivity contribution is 5.87. The maximum absolute atomic E-state index is 13.0. The van der Waals surface area contributed by atoms with Crippen molar-refractivity contribution in [1.29, 1.82) is 0 Å². The van der Waals surface area contributed by atoms with Crippen molar-refractivity contribution in [3.8, 4) is 5.75 Å². The summed E-state index contributed by atoms with van der Waals surface area (Å²) in [7, 11) is 5.72. The summed E-state index contributed by atoms with van der Waals surface area (Å²) in [4.78, 5) is 8.47. The summed E-state index contributed by atoms with van der Waals surface area (Å²) in [5, 5.41) is 13.0. The van der Waals surface area contributed by atoms with Crippen LogP contribution in [-0.4, -0.2) is 49.6 Å². The zero-order valence-electron chi connectivity index (χ0n) is 19.0. The van der Waals surface area contributed by atoms with Gasteiger partial charge in [0.05, 0.1) is 19.4 Å². The van der Waals surface area contributed by atoms with Gasteiger partial charge in [-0.1, -0.05) is 55.8 Å². The monoisotopic (exact) mass is 426 g/mol. The van der Waals surface area contributed by atoms with Crippen molar-refractivity contribution >= 4 is 5.71 Å². The van der Waals surface area contributed by atoms with Gasteiger partial charge in [0.25, 0.3) is 0 Å². The van der Waals surface area contributed by atoms with Gasteiger partial charge in [0.15, 0.2) is 6.29 Å². The van der Waals surface area contributed by atoms with Gasteiger partial charge in [-0.25, -0.2) is 0 Å². The Balaban J connectivity index is 1.89. The average molecular weight is 427 g/mol. The molecular weight excluding hydrogens is 392 g/mol. The minimum atomic E-state index is -0.531. The van der Waals surface area contributed by atoms with E-state index in [1.54, 1.807) is 7.11 Å². The first-order valence-corrected chi connectivity index (χ1v) is 11.0. The van der Waals surface area contributed by atoms with E-state index in [9.17, 15) is 5.21 Å². The molecule has 0 N–H and O–H groups in total. The van der Waals surface area contributed by atoms with E-state index in [0.29, 0.717) is 24.4 Å². The van der Waals surface area contributed by atoms with Gasteiger partial charge in [-0.15, -0.1) is 0 Å². The molecular formula is C25H34N2O4. The number of methoxy groups -OCH3 is 1. The first-order valence-electron chi connectivity index (χ1n) is 11.0. The molecule has 3 atom stereocenters. The molecule has 0 spiro atoms. The zero-order valence-corrected chi connectivity index (χ0v) is 19.0. The van der Waals surface area contributed by atoms with E-state index in [2.05, 4.69) is 36.1 Å². The van der Waals surface area contributed by atoms with Gasteiger partial charge < -0.3 is 19.2 Å². The van der Waals surface area contributed by atoms with Crippen molar-refractivity contribution in [2.45, 2.75) is 50.9 Å². The van der Waals surface area contributed by atoms with Crippen LogP contribution in [0.5, 0.6) is 5.75 Å². The molecule has 0 unspecified atom stereocenters. The molecule has 6 heteroatoms. The summed E-state index contributed by atoms with van der Waals surface area (Å²) in [6.45, 7) is 2.71. The second kappa shape index (κ2) is 11.2. The summed E-state index contributed by atoms with van der Waals surface area (Å²) in [6, 6.07) is 18.2. The maximum Gasteiger partial charge on any atom is 0.231 e. The molecule has 1 aliphatic rings. The Bertz CT molecular complexity index is 836. The summed E-state index contributed by atoms with van der Waals surface area (Å²) < 4.78 is 11.1. The van der Waals surface area contributed by atoms with Crippen molar-refractivity contribution in [2.24, 2.45) is 0 Å². The number of nitrogens with zero attached hydrogens (tertiary/aromatic N) is 2. The highest BCUT2D eigenvalue weighted by Crippen LogP contribution is 2.34. The molecule has 2 aromatic carbocycles. The van der Waals surface area contributed by atoms with E-state index in [-0.39, 0.29) is 12.0 Å². The van der Waals surface area contributed by atoms with Gasteiger partial charge in [0, 0.05) is 24.0 Å². The molecule has 2 aromatic rings. The average Bonchev–Trinajstić information content (AvgIpc) is 2.79. The van der Waals surface area contributed by atoms with E-state index in [4.69, 9.17) is 14.3 Å². The van der Waals surface area contributed by atoms with Crippen molar-refractivity contribution in [2.75, 3.05) is 27.8 Å². The Kier molecular flexibility index (Phi) is 8.32. The van der Waals surface area contributed by atoms with E-state index >= 15 is 0 Å². The molecule has 0 aliphatic carbocycles. The molecule has 0 amide bonds. The Labute approximate surface area is 185 Å². The highest BCUT2D eigenvalue weighted by atomic mass is 16.9. The summed E-state index contributed by atoms with van der Waals surface area (Å²) in [5.41, 5.74) is 2.95. The first kappa shape index (κ1) is 23.1. The Hall–Kier alpha value is -2.57. The van der Waals surface area contributed by atoms with Gasteiger partial charge in [0.2, 0.25) is 5.71 Å². The number of unbranched alkanes of at least 4 members (excludes halogenated alkanes) is 1. The van der Waals surface area contributed by atoms with Crippen LogP contribution in [0.25, 0.3) is 0 Å². The van der Waals surface area contributed by atoms with Gasteiger partial charge in [0.1, 0.15) is 5.75 Å². The van der Waals surface area contributed by atoms with Crippen LogP contribution in [0.15, 0.2) is 54.6 Å². The van der Waals surface area contributed by atoms with E-state index in [0.717, 1.165) is 35.4 Å². The minimum Gasteiger partial charge on any atom is -0.497 e. The minimum absolute atomic E-state index is 0.0322. The topological polar surface area (TPSA) is 57.0 Å². The molecule has 31 heavy (non-hydrogen) atoms. The molecule has 6 nitrogen and oxygen atoms in total. The molecule has 0 saturated carbocycles. The lowest BCUT2D eigenvalue weighted by molar-refractivity contribution is -0.772. The van der Waals surface area contributed by atoms with Gasteiger partial charge in [-0.2, -0.15) is 0 Å². The third-order valence-electron chi connectivity index (χ3n) is 5.81. The van der Waals surface area contributed by atoms with Gasteiger partial charge >= 0.3 is 0 Å². The molecule has 3 rings (SSSR count). The van der Waals surface area contributed by atoms with Crippen LogP contribution in [0.1, 0.15) is 55.7 Å². The second-order valence-electron chi connectivity index (χ2n) is 8.16. The first-order chi connectivity index (χ1) is 15.0. The number of hydrogen-bond donors (Lipinski definition) is 0. The summed E-state index contributed by atoms with van der Waals surface area (Å²) >= 11 is 0. The number of ether oxygens (including phenoxy) is 2. The lowest BCUT2D eigenvalue weighted by Crippen LogP contribution is -2.39. The zero-order chi connectivity index (χ0) is 22.2. The van der Waals surface area contributed by atoms with Crippen LogP contribution in [0.4, 0.5) is 0 Å². The van der Waals surface area contributed by atoms with Gasteiger partial charge in [-0.3, -0.25) is 5.21 Å². The molecule has 168 valence electrons. The second-order valence-corrected chi connectivity index (χ2v) is 8.16. The maximum atomic E-state index is 13.0. The predicted molar refractivity (Wildman–Crippen MR) is 122 cm³/mol. The molecule has 0 bridgehead atoms. The van der Waals surface area contributed by atoms with Gasteiger partial charge in [-0.05, 0) is 43.8 Å². The van der Waals surface area contributed by atoms with Crippen molar-refractivity contribution < 1.29 is 19.2 Å². The lowest BCUT2D eigenvalue weighted by atomic mass is 9.85. The van der Waals surface area contributed by atoms with E-state index in [1.807, 2.05) is 44.4 Å². The molecule has 0 saturated heterocycles. The highest BCUT2D eigenvalue weighted by Gasteiger charge is 2.37. The number of rotatable bonds is 10. The third-order valence-corrected chi connectivity index (χ3v) is 5.81. The van der Waals surface area contributed by atoms with Crippen molar-refractivity contribution in [3.63, 3.8) is 0 Å². The fourth-order valence-electron chi connectivity index (χ4n) is 3.98. The Morgan fingerprint density at radius 3 is 2.45 bits per heavy atom.